The largest absolute Gasteiger partial charge is 0.394 e. The minimum Gasteiger partial charge on any atom is -0.394 e. The first kappa shape index (κ1) is 17.0. The Morgan fingerprint density at radius 1 is 1.23 bits per heavy atom. The summed E-state index contributed by atoms with van der Waals surface area (Å²) in [6, 6.07) is 12.6. The molecule has 2 aromatic rings. The summed E-state index contributed by atoms with van der Waals surface area (Å²) in [5.41, 5.74) is 3.87. The molecule has 26 heavy (non-hydrogen) atoms. The first-order chi connectivity index (χ1) is 12.5. The molecule has 4 rings (SSSR count). The Balaban J connectivity index is 1.85. The van der Waals surface area contributed by atoms with Gasteiger partial charge in [0.25, 0.3) is 0 Å². The van der Waals surface area contributed by atoms with Crippen LogP contribution in [0.5, 0.6) is 0 Å². The highest BCUT2D eigenvalue weighted by molar-refractivity contribution is 5.77. The van der Waals surface area contributed by atoms with Crippen LogP contribution in [0.15, 0.2) is 42.5 Å². The Morgan fingerprint density at radius 3 is 2.69 bits per heavy atom. The number of amides is 1. The lowest BCUT2D eigenvalue weighted by Gasteiger charge is -2.44. The topological polar surface area (TPSA) is 43.8 Å². The minimum absolute atomic E-state index is 0.00290. The number of aliphatic hydroxyl groups excluding tert-OH is 1. The van der Waals surface area contributed by atoms with E-state index in [2.05, 4.69) is 11.0 Å². The van der Waals surface area contributed by atoms with Crippen LogP contribution >= 0.6 is 0 Å². The van der Waals surface area contributed by atoms with Gasteiger partial charge >= 0.3 is 0 Å². The molecule has 0 aromatic heterocycles. The molecule has 1 fully saturated rings. The fraction of sp³-hybridized carbons (Fsp3) is 0.381. The maximum atomic E-state index is 13.6. The third kappa shape index (κ3) is 2.58. The number of anilines is 1. The number of nitrogens with zero attached hydrogens (tertiary/aromatic N) is 2. The van der Waals surface area contributed by atoms with E-state index in [1.54, 1.807) is 13.0 Å². The van der Waals surface area contributed by atoms with Crippen molar-refractivity contribution in [1.29, 1.82) is 0 Å². The number of hydrogen-bond acceptors (Lipinski definition) is 3. The molecule has 5 heteroatoms. The summed E-state index contributed by atoms with van der Waals surface area (Å²) in [4.78, 5) is 16.2. The third-order valence-corrected chi connectivity index (χ3v) is 5.91. The van der Waals surface area contributed by atoms with Gasteiger partial charge in [-0.05, 0) is 47.4 Å². The molecule has 0 bridgehead atoms. The summed E-state index contributed by atoms with van der Waals surface area (Å²) in [7, 11) is 1.99. The average molecular weight is 354 g/mol. The number of benzene rings is 2. The van der Waals surface area contributed by atoms with Crippen LogP contribution in [-0.2, 0) is 4.79 Å². The molecule has 0 radical (unpaired) electrons. The van der Waals surface area contributed by atoms with Crippen molar-refractivity contribution < 1.29 is 14.3 Å². The molecular formula is C21H23FN2O2. The van der Waals surface area contributed by atoms with Gasteiger partial charge in [0.1, 0.15) is 5.82 Å². The fourth-order valence-electron chi connectivity index (χ4n) is 4.65. The molecule has 4 nitrogen and oxygen atoms in total. The molecular weight excluding hydrogens is 331 g/mol. The normalized spacial score (nSPS) is 24.4. The number of rotatable bonds is 2. The molecule has 1 saturated heterocycles. The van der Waals surface area contributed by atoms with Crippen LogP contribution in [0.4, 0.5) is 10.1 Å². The van der Waals surface area contributed by atoms with Gasteiger partial charge in [-0.25, -0.2) is 4.39 Å². The maximum Gasteiger partial charge on any atom is 0.219 e. The summed E-state index contributed by atoms with van der Waals surface area (Å²) < 4.78 is 13.6. The van der Waals surface area contributed by atoms with Crippen LogP contribution in [0.25, 0.3) is 11.1 Å². The summed E-state index contributed by atoms with van der Waals surface area (Å²) in [5, 5.41) is 9.94. The zero-order valence-corrected chi connectivity index (χ0v) is 15.0. The quantitative estimate of drug-likeness (QED) is 0.901. The van der Waals surface area contributed by atoms with Crippen molar-refractivity contribution in [2.75, 3.05) is 25.1 Å². The second-order valence-corrected chi connectivity index (χ2v) is 7.25. The lowest BCUT2D eigenvalue weighted by atomic mass is 9.81. The van der Waals surface area contributed by atoms with Crippen molar-refractivity contribution in [1.82, 2.24) is 4.90 Å². The number of carbonyl (C=O) groups is 1. The zero-order chi connectivity index (χ0) is 18.4. The predicted octanol–water partition coefficient (Wildman–Crippen LogP) is 3.21. The van der Waals surface area contributed by atoms with E-state index in [1.165, 1.54) is 12.1 Å². The molecule has 2 aromatic carbocycles. The lowest BCUT2D eigenvalue weighted by Crippen LogP contribution is -2.48. The minimum atomic E-state index is -0.262. The SMILES string of the molecule is CC(=O)N1CC[C@@H]2[C@H]1c1cc(-c3cccc(F)c3)ccc1N(C)[C@H]2CO. The van der Waals surface area contributed by atoms with E-state index >= 15 is 0 Å². The van der Waals surface area contributed by atoms with Crippen LogP contribution in [0, 0.1) is 11.7 Å². The molecule has 2 aliphatic rings. The van der Waals surface area contributed by atoms with Crippen LogP contribution in [0.2, 0.25) is 0 Å². The molecule has 1 N–H and O–H groups in total. The Hall–Kier alpha value is -2.40. The van der Waals surface area contributed by atoms with Crippen molar-refractivity contribution >= 4 is 11.6 Å². The molecule has 0 aliphatic carbocycles. The van der Waals surface area contributed by atoms with E-state index in [0.717, 1.165) is 28.8 Å². The van der Waals surface area contributed by atoms with E-state index in [1.807, 2.05) is 30.1 Å². The van der Waals surface area contributed by atoms with Gasteiger partial charge in [-0.2, -0.15) is 0 Å². The van der Waals surface area contributed by atoms with Crippen molar-refractivity contribution in [2.24, 2.45) is 5.92 Å². The molecule has 2 heterocycles. The van der Waals surface area contributed by atoms with Gasteiger partial charge in [-0.3, -0.25) is 4.79 Å². The number of likely N-dealkylation sites (tertiary alicyclic amines) is 1. The van der Waals surface area contributed by atoms with E-state index in [0.29, 0.717) is 6.54 Å². The number of hydrogen-bond donors (Lipinski definition) is 1. The van der Waals surface area contributed by atoms with E-state index in [-0.39, 0.29) is 36.3 Å². The summed E-state index contributed by atoms with van der Waals surface area (Å²) in [6.45, 7) is 2.37. The first-order valence-corrected chi connectivity index (χ1v) is 9.02. The van der Waals surface area contributed by atoms with E-state index < -0.39 is 0 Å². The van der Waals surface area contributed by atoms with Crippen LogP contribution < -0.4 is 4.90 Å². The Morgan fingerprint density at radius 2 is 2.00 bits per heavy atom. The van der Waals surface area contributed by atoms with Crippen LogP contribution in [-0.4, -0.2) is 42.2 Å². The van der Waals surface area contributed by atoms with Crippen molar-refractivity contribution in [3.05, 3.63) is 53.8 Å². The monoisotopic (exact) mass is 354 g/mol. The summed E-state index contributed by atoms with van der Waals surface area (Å²) in [5.74, 6) is -0.00759. The van der Waals surface area contributed by atoms with Crippen LogP contribution in [0.3, 0.4) is 0 Å². The molecule has 0 unspecified atom stereocenters. The van der Waals surface area contributed by atoms with Crippen molar-refractivity contribution in [2.45, 2.75) is 25.4 Å². The number of likely N-dealkylation sites (N-methyl/N-ethyl adjacent to an activating group) is 1. The maximum absolute atomic E-state index is 13.6. The highest BCUT2D eigenvalue weighted by Gasteiger charge is 2.46. The Kier molecular flexibility index (Phi) is 4.19. The molecule has 2 aliphatic heterocycles. The average Bonchev–Trinajstić information content (AvgIpc) is 3.07. The van der Waals surface area contributed by atoms with Gasteiger partial charge in [-0.15, -0.1) is 0 Å². The highest BCUT2D eigenvalue weighted by atomic mass is 19.1. The number of aliphatic hydroxyl groups is 1. The second kappa shape index (κ2) is 6.40. The standard InChI is InChI=1S/C21H23FN2O2/c1-13(26)24-9-8-17-20(12-25)23(2)19-7-6-15(11-18(19)21(17)24)14-4-3-5-16(22)10-14/h3-7,10-11,17,20-21,25H,8-9,12H2,1-2H3/t17-,20-,21-/m0/s1. The molecule has 136 valence electrons. The van der Waals surface area contributed by atoms with Crippen molar-refractivity contribution in [3.8, 4) is 11.1 Å². The van der Waals surface area contributed by atoms with E-state index in [4.69, 9.17) is 0 Å². The molecule has 3 atom stereocenters. The number of halogens is 1. The summed E-state index contributed by atoms with van der Waals surface area (Å²) >= 11 is 0. The molecule has 0 spiro atoms. The smallest absolute Gasteiger partial charge is 0.219 e. The van der Waals surface area contributed by atoms with Gasteiger partial charge in [0.05, 0.1) is 18.7 Å². The number of carbonyl (C=O) groups excluding carboxylic acids is 1. The summed E-state index contributed by atoms with van der Waals surface area (Å²) in [6.07, 6.45) is 0.878. The van der Waals surface area contributed by atoms with Gasteiger partial charge in [0.2, 0.25) is 5.91 Å². The predicted molar refractivity (Wildman–Crippen MR) is 99.3 cm³/mol. The Bertz CT molecular complexity index is 854. The Labute approximate surface area is 152 Å². The zero-order valence-electron chi connectivity index (χ0n) is 15.0. The highest BCUT2D eigenvalue weighted by Crippen LogP contribution is 2.49. The first-order valence-electron chi connectivity index (χ1n) is 9.02. The van der Waals surface area contributed by atoms with Gasteiger partial charge in [0.15, 0.2) is 0 Å². The second-order valence-electron chi connectivity index (χ2n) is 7.25. The fourth-order valence-corrected chi connectivity index (χ4v) is 4.65. The van der Waals surface area contributed by atoms with Crippen molar-refractivity contribution in [3.63, 3.8) is 0 Å². The van der Waals surface area contributed by atoms with Gasteiger partial charge < -0.3 is 14.9 Å². The lowest BCUT2D eigenvalue weighted by molar-refractivity contribution is -0.130. The molecule has 0 saturated carbocycles. The molecule has 1 amide bonds. The van der Waals surface area contributed by atoms with Crippen LogP contribution in [0.1, 0.15) is 24.9 Å². The van der Waals surface area contributed by atoms with Gasteiger partial charge in [0, 0.05) is 32.1 Å². The van der Waals surface area contributed by atoms with Gasteiger partial charge in [-0.1, -0.05) is 18.2 Å². The third-order valence-electron chi connectivity index (χ3n) is 5.91. The van der Waals surface area contributed by atoms with E-state index in [9.17, 15) is 14.3 Å². The number of fused-ring (bicyclic) bond motifs is 3.